The number of oxazole rings is 1. The maximum Gasteiger partial charge on any atom is 0.317 e. The second-order valence-electron chi connectivity index (χ2n) is 5.36. The van der Waals surface area contributed by atoms with Crippen molar-refractivity contribution in [2.75, 3.05) is 5.75 Å². The highest BCUT2D eigenvalue weighted by atomic mass is 32.2. The van der Waals surface area contributed by atoms with Gasteiger partial charge in [-0.15, -0.1) is 0 Å². The van der Waals surface area contributed by atoms with Crippen molar-refractivity contribution in [3.63, 3.8) is 0 Å². The van der Waals surface area contributed by atoms with Gasteiger partial charge in [0.15, 0.2) is 23.3 Å². The molecule has 1 atom stereocenters. The lowest BCUT2D eigenvalue weighted by Gasteiger charge is -2.12. The summed E-state index contributed by atoms with van der Waals surface area (Å²) in [7, 11) is 0. The molecular formula is C18H13F2NO4S. The van der Waals surface area contributed by atoms with Crippen molar-refractivity contribution in [3.05, 3.63) is 59.7 Å². The van der Waals surface area contributed by atoms with E-state index in [-0.39, 0.29) is 11.3 Å². The maximum absolute atomic E-state index is 13.2. The molecule has 0 aliphatic carbocycles. The summed E-state index contributed by atoms with van der Waals surface area (Å²) < 4.78 is 36.6. The highest BCUT2D eigenvalue weighted by Crippen LogP contribution is 2.23. The second-order valence-corrected chi connectivity index (χ2v) is 6.29. The van der Waals surface area contributed by atoms with Crippen molar-refractivity contribution in [2.24, 2.45) is 0 Å². The number of esters is 1. The number of halogens is 2. The quantitative estimate of drug-likeness (QED) is 0.367. The van der Waals surface area contributed by atoms with Crippen LogP contribution in [0, 0.1) is 11.6 Å². The smallest absolute Gasteiger partial charge is 0.317 e. The number of aromatic nitrogens is 1. The van der Waals surface area contributed by atoms with Crippen LogP contribution in [-0.2, 0) is 9.53 Å². The highest BCUT2D eigenvalue weighted by molar-refractivity contribution is 7.99. The van der Waals surface area contributed by atoms with Crippen LogP contribution in [-0.4, -0.2) is 28.6 Å². The fourth-order valence-corrected chi connectivity index (χ4v) is 2.82. The minimum atomic E-state index is -1.14. The fourth-order valence-electron chi connectivity index (χ4n) is 2.20. The minimum Gasteiger partial charge on any atom is -0.454 e. The van der Waals surface area contributed by atoms with Crippen LogP contribution in [0.3, 0.4) is 0 Å². The number of para-hydroxylation sites is 2. The first-order valence-electron chi connectivity index (χ1n) is 7.61. The summed E-state index contributed by atoms with van der Waals surface area (Å²) in [6.07, 6.45) is -1.13. The van der Waals surface area contributed by atoms with Gasteiger partial charge < -0.3 is 9.15 Å². The lowest BCUT2D eigenvalue weighted by atomic mass is 10.1. The van der Waals surface area contributed by atoms with Gasteiger partial charge in [-0.25, -0.2) is 13.8 Å². The number of rotatable bonds is 6. The van der Waals surface area contributed by atoms with Gasteiger partial charge >= 0.3 is 5.97 Å². The number of benzene rings is 2. The predicted molar refractivity (Wildman–Crippen MR) is 91.0 cm³/mol. The lowest BCUT2D eigenvalue weighted by Crippen LogP contribution is -2.25. The van der Waals surface area contributed by atoms with Crippen molar-refractivity contribution in [1.82, 2.24) is 4.98 Å². The largest absolute Gasteiger partial charge is 0.454 e. The number of carbonyl (C=O) groups excluding carboxylic acids is 2. The predicted octanol–water partition coefficient (Wildman–Crippen LogP) is 4.01. The number of fused-ring (bicyclic) bond motifs is 1. The number of ketones is 1. The molecule has 0 bridgehead atoms. The SMILES string of the molecule is CC(OC(=O)CSc1nc2ccccc2o1)C(=O)c1ccc(F)c(F)c1. The Morgan fingerprint density at radius 1 is 1.19 bits per heavy atom. The van der Waals surface area contributed by atoms with Crippen molar-refractivity contribution in [3.8, 4) is 0 Å². The molecule has 0 saturated heterocycles. The molecule has 0 radical (unpaired) electrons. The van der Waals surface area contributed by atoms with Gasteiger partial charge in [-0.1, -0.05) is 23.9 Å². The van der Waals surface area contributed by atoms with Crippen molar-refractivity contribution >= 4 is 34.6 Å². The average Bonchev–Trinajstić information content (AvgIpc) is 3.04. The molecule has 0 saturated carbocycles. The Hall–Kier alpha value is -2.74. The summed E-state index contributed by atoms with van der Waals surface area (Å²) in [5.74, 6) is -3.57. The monoisotopic (exact) mass is 377 g/mol. The lowest BCUT2D eigenvalue weighted by molar-refractivity contribution is -0.143. The fraction of sp³-hybridized carbons (Fsp3) is 0.167. The van der Waals surface area contributed by atoms with Gasteiger partial charge in [-0.05, 0) is 37.3 Å². The van der Waals surface area contributed by atoms with E-state index >= 15 is 0 Å². The summed E-state index contributed by atoms with van der Waals surface area (Å²) in [5, 5.41) is 0.308. The van der Waals surface area contributed by atoms with E-state index in [1.54, 1.807) is 12.1 Å². The first-order valence-corrected chi connectivity index (χ1v) is 8.59. The van der Waals surface area contributed by atoms with Gasteiger partial charge in [-0.2, -0.15) is 0 Å². The molecule has 0 aliphatic rings. The molecule has 1 unspecified atom stereocenters. The zero-order valence-electron chi connectivity index (χ0n) is 13.6. The molecular weight excluding hydrogens is 364 g/mol. The standard InChI is InChI=1S/C18H13F2NO4S/c1-10(17(23)11-6-7-12(19)13(20)8-11)24-16(22)9-26-18-21-14-4-2-3-5-15(14)25-18/h2-8,10H,9H2,1H3. The zero-order valence-corrected chi connectivity index (χ0v) is 14.4. The first kappa shape index (κ1) is 18.1. The van der Waals surface area contributed by atoms with Crippen molar-refractivity contribution in [2.45, 2.75) is 18.3 Å². The summed E-state index contributed by atoms with van der Waals surface area (Å²) in [6.45, 7) is 1.37. The van der Waals surface area contributed by atoms with Crippen LogP contribution in [0.25, 0.3) is 11.1 Å². The molecule has 5 nitrogen and oxygen atoms in total. The number of thioether (sulfide) groups is 1. The highest BCUT2D eigenvalue weighted by Gasteiger charge is 2.21. The van der Waals surface area contributed by atoms with E-state index in [0.717, 1.165) is 30.0 Å². The van der Waals surface area contributed by atoms with Crippen LogP contribution >= 0.6 is 11.8 Å². The number of ether oxygens (including phenoxy) is 1. The van der Waals surface area contributed by atoms with Crippen LogP contribution in [0.15, 0.2) is 52.1 Å². The minimum absolute atomic E-state index is 0.0733. The van der Waals surface area contributed by atoms with Gasteiger partial charge in [0, 0.05) is 5.56 Å². The van der Waals surface area contributed by atoms with Crippen LogP contribution in [0.4, 0.5) is 8.78 Å². The number of nitrogens with zero attached hydrogens (tertiary/aromatic N) is 1. The Kier molecular flexibility index (Phi) is 5.32. The summed E-state index contributed by atoms with van der Waals surface area (Å²) in [4.78, 5) is 28.2. The van der Waals surface area contributed by atoms with Crippen LogP contribution in [0.2, 0.25) is 0 Å². The number of hydrogen-bond acceptors (Lipinski definition) is 6. The van der Waals surface area contributed by atoms with Crippen LogP contribution in [0.5, 0.6) is 0 Å². The number of hydrogen-bond donors (Lipinski definition) is 0. The molecule has 26 heavy (non-hydrogen) atoms. The van der Waals surface area contributed by atoms with Gasteiger partial charge in [0.2, 0.25) is 5.78 Å². The Balaban J connectivity index is 1.56. The van der Waals surface area contributed by atoms with Crippen molar-refractivity contribution < 1.29 is 27.5 Å². The van der Waals surface area contributed by atoms with Gasteiger partial charge in [0.25, 0.3) is 5.22 Å². The van der Waals surface area contributed by atoms with E-state index in [0.29, 0.717) is 16.3 Å². The summed E-state index contributed by atoms with van der Waals surface area (Å²) >= 11 is 1.03. The molecule has 2 aromatic carbocycles. The van der Waals surface area contributed by atoms with E-state index in [9.17, 15) is 18.4 Å². The van der Waals surface area contributed by atoms with E-state index in [4.69, 9.17) is 9.15 Å². The van der Waals surface area contributed by atoms with Gasteiger partial charge in [-0.3, -0.25) is 9.59 Å². The van der Waals surface area contributed by atoms with Gasteiger partial charge in [0.05, 0.1) is 0 Å². The second kappa shape index (κ2) is 7.65. The number of Topliss-reactive ketones (excluding diaryl/α,β-unsaturated/α-hetero) is 1. The maximum atomic E-state index is 13.2. The summed E-state index contributed by atoms with van der Waals surface area (Å²) in [5.41, 5.74) is 1.20. The van der Waals surface area contributed by atoms with E-state index < -0.39 is 29.5 Å². The molecule has 3 aromatic rings. The Labute approximate surface area is 151 Å². The Morgan fingerprint density at radius 3 is 2.69 bits per heavy atom. The number of carbonyl (C=O) groups is 2. The van der Waals surface area contributed by atoms with E-state index in [1.807, 2.05) is 12.1 Å². The molecule has 1 aromatic heterocycles. The van der Waals surface area contributed by atoms with Gasteiger partial charge in [0.1, 0.15) is 11.3 Å². The molecule has 0 spiro atoms. The Morgan fingerprint density at radius 2 is 1.96 bits per heavy atom. The van der Waals surface area contributed by atoms with Crippen molar-refractivity contribution in [1.29, 1.82) is 0 Å². The normalized spacial score (nSPS) is 12.1. The first-order chi connectivity index (χ1) is 12.4. The molecule has 0 aliphatic heterocycles. The third-order valence-electron chi connectivity index (χ3n) is 3.47. The van der Waals surface area contributed by atoms with E-state index in [2.05, 4.69) is 4.98 Å². The molecule has 0 fully saturated rings. The van der Waals surface area contributed by atoms with Crippen LogP contribution in [0.1, 0.15) is 17.3 Å². The van der Waals surface area contributed by atoms with E-state index in [1.165, 1.54) is 6.92 Å². The molecule has 8 heteroatoms. The molecule has 0 amide bonds. The Bertz CT molecular complexity index is 940. The molecule has 1 heterocycles. The molecule has 134 valence electrons. The zero-order chi connectivity index (χ0) is 18.7. The third kappa shape index (κ3) is 4.08. The molecule has 0 N–H and O–H groups in total. The van der Waals surface area contributed by atoms with Crippen LogP contribution < -0.4 is 0 Å². The third-order valence-corrected chi connectivity index (χ3v) is 4.27. The topological polar surface area (TPSA) is 69.4 Å². The average molecular weight is 377 g/mol. The summed E-state index contributed by atoms with van der Waals surface area (Å²) in [6, 6.07) is 9.92. The molecule has 3 rings (SSSR count).